The van der Waals surface area contributed by atoms with Gasteiger partial charge in [-0.2, -0.15) is 5.26 Å². The van der Waals surface area contributed by atoms with E-state index in [9.17, 15) is 4.39 Å². The summed E-state index contributed by atoms with van der Waals surface area (Å²) in [5, 5.41) is 12.3. The largest absolute Gasteiger partial charge is 0.444 e. The quantitative estimate of drug-likeness (QED) is 0.931. The summed E-state index contributed by atoms with van der Waals surface area (Å²) in [6.07, 6.45) is 1.57. The van der Waals surface area contributed by atoms with Gasteiger partial charge >= 0.3 is 0 Å². The van der Waals surface area contributed by atoms with E-state index in [1.807, 2.05) is 0 Å². The van der Waals surface area contributed by atoms with Crippen molar-refractivity contribution in [1.29, 1.82) is 5.26 Å². The van der Waals surface area contributed by atoms with E-state index in [0.717, 1.165) is 18.8 Å². The van der Waals surface area contributed by atoms with E-state index in [1.165, 1.54) is 12.1 Å². The van der Waals surface area contributed by atoms with Crippen molar-refractivity contribution in [3.8, 4) is 17.5 Å². The smallest absolute Gasteiger partial charge is 0.226 e. The first-order valence-electron chi connectivity index (χ1n) is 6.81. The molecular weight excluding hydrogens is 271 g/mol. The summed E-state index contributed by atoms with van der Waals surface area (Å²) < 4.78 is 18.6. The number of hydrogen-bond acceptors (Lipinski definition) is 5. The maximum absolute atomic E-state index is 13.2. The molecule has 1 aromatic heterocycles. The Kier molecular flexibility index (Phi) is 3.95. The topological polar surface area (TPSA) is 65.1 Å². The first-order chi connectivity index (χ1) is 10.3. The highest BCUT2D eigenvalue weighted by Gasteiger charge is 2.22. The molecule has 1 saturated heterocycles. The zero-order valence-corrected chi connectivity index (χ0v) is 11.4. The van der Waals surface area contributed by atoms with E-state index in [1.54, 1.807) is 18.4 Å². The van der Waals surface area contributed by atoms with Gasteiger partial charge < -0.3 is 9.73 Å². The van der Waals surface area contributed by atoms with Gasteiger partial charge in [-0.15, -0.1) is 0 Å². The van der Waals surface area contributed by atoms with Gasteiger partial charge in [-0.25, -0.2) is 9.37 Å². The average Bonchev–Trinajstić information content (AvgIpc) is 2.96. The Labute approximate surface area is 122 Å². The summed E-state index contributed by atoms with van der Waals surface area (Å²) in [5.41, 5.74) is 1.36. The molecule has 1 N–H and O–H groups in total. The molecule has 21 heavy (non-hydrogen) atoms. The molecule has 0 amide bonds. The van der Waals surface area contributed by atoms with E-state index in [0.29, 0.717) is 24.5 Å². The molecule has 1 aliphatic rings. The van der Waals surface area contributed by atoms with Gasteiger partial charge in [-0.3, -0.25) is 4.90 Å². The van der Waals surface area contributed by atoms with Crippen LogP contribution in [0.25, 0.3) is 11.5 Å². The number of piperazine rings is 1. The normalized spacial score (nSPS) is 19.3. The maximum Gasteiger partial charge on any atom is 0.226 e. The van der Waals surface area contributed by atoms with Crippen LogP contribution in [-0.4, -0.2) is 35.6 Å². The highest BCUT2D eigenvalue weighted by Crippen LogP contribution is 2.20. The second-order valence-electron chi connectivity index (χ2n) is 4.97. The van der Waals surface area contributed by atoms with Gasteiger partial charge in [-0.1, -0.05) is 6.07 Å². The lowest BCUT2D eigenvalue weighted by Gasteiger charge is -2.30. The van der Waals surface area contributed by atoms with E-state index in [2.05, 4.69) is 21.3 Å². The molecule has 2 aromatic rings. The highest BCUT2D eigenvalue weighted by atomic mass is 19.1. The predicted octanol–water partition coefficient (Wildman–Crippen LogP) is 1.78. The lowest BCUT2D eigenvalue weighted by molar-refractivity contribution is 0.187. The number of rotatable bonds is 3. The van der Waals surface area contributed by atoms with Crippen LogP contribution < -0.4 is 5.32 Å². The SMILES string of the molecule is N#CC1CNCCN1Cc1coc(-c2cccc(F)c2)n1. The minimum atomic E-state index is -0.320. The van der Waals surface area contributed by atoms with Crippen LogP contribution in [0.15, 0.2) is 34.9 Å². The fourth-order valence-electron chi connectivity index (χ4n) is 2.40. The molecule has 1 atom stereocenters. The number of halogens is 1. The third kappa shape index (κ3) is 3.10. The van der Waals surface area contributed by atoms with Crippen LogP contribution in [0.5, 0.6) is 0 Å². The van der Waals surface area contributed by atoms with Crippen molar-refractivity contribution in [3.05, 3.63) is 42.0 Å². The maximum atomic E-state index is 13.2. The van der Waals surface area contributed by atoms with Crippen molar-refractivity contribution >= 4 is 0 Å². The van der Waals surface area contributed by atoms with Crippen molar-refractivity contribution in [2.75, 3.05) is 19.6 Å². The summed E-state index contributed by atoms with van der Waals surface area (Å²) in [6, 6.07) is 8.26. The fourth-order valence-corrected chi connectivity index (χ4v) is 2.40. The Morgan fingerprint density at radius 2 is 2.43 bits per heavy atom. The molecule has 1 aliphatic heterocycles. The van der Waals surface area contributed by atoms with E-state index >= 15 is 0 Å². The molecule has 6 heteroatoms. The first kappa shape index (κ1) is 13.7. The van der Waals surface area contributed by atoms with Gasteiger partial charge in [-0.05, 0) is 18.2 Å². The van der Waals surface area contributed by atoms with Crippen molar-refractivity contribution in [2.45, 2.75) is 12.6 Å². The van der Waals surface area contributed by atoms with Gasteiger partial charge in [0.05, 0.1) is 11.8 Å². The first-order valence-corrected chi connectivity index (χ1v) is 6.81. The zero-order valence-electron chi connectivity index (χ0n) is 11.4. The van der Waals surface area contributed by atoms with E-state index in [4.69, 9.17) is 9.68 Å². The number of nitrogens with zero attached hydrogens (tertiary/aromatic N) is 3. The molecule has 1 unspecified atom stereocenters. The van der Waals surface area contributed by atoms with Crippen LogP contribution in [0.2, 0.25) is 0 Å². The fraction of sp³-hybridized carbons (Fsp3) is 0.333. The summed E-state index contributed by atoms with van der Waals surface area (Å²) >= 11 is 0. The second kappa shape index (κ2) is 6.04. The molecule has 0 bridgehead atoms. The number of aromatic nitrogens is 1. The molecule has 0 radical (unpaired) electrons. The molecule has 2 heterocycles. The Morgan fingerprint density at radius 3 is 3.24 bits per heavy atom. The van der Waals surface area contributed by atoms with Gasteiger partial charge in [0.15, 0.2) is 0 Å². The van der Waals surface area contributed by atoms with Crippen LogP contribution in [0.1, 0.15) is 5.69 Å². The molecule has 1 aromatic carbocycles. The average molecular weight is 286 g/mol. The molecule has 3 rings (SSSR count). The molecular formula is C15H15FN4O. The van der Waals surface area contributed by atoms with Gasteiger partial charge in [0.1, 0.15) is 18.1 Å². The Bertz CT molecular complexity index is 664. The number of nitriles is 1. The van der Waals surface area contributed by atoms with E-state index in [-0.39, 0.29) is 11.9 Å². The predicted molar refractivity (Wildman–Crippen MR) is 74.6 cm³/mol. The lowest BCUT2D eigenvalue weighted by Crippen LogP contribution is -2.50. The van der Waals surface area contributed by atoms with Crippen molar-refractivity contribution < 1.29 is 8.81 Å². The van der Waals surface area contributed by atoms with Gasteiger partial charge in [0, 0.05) is 31.7 Å². The van der Waals surface area contributed by atoms with Crippen LogP contribution in [0, 0.1) is 17.1 Å². The summed E-state index contributed by atoms with van der Waals surface area (Å²) in [7, 11) is 0. The van der Waals surface area contributed by atoms with Crippen molar-refractivity contribution in [3.63, 3.8) is 0 Å². The monoisotopic (exact) mass is 286 g/mol. The standard InChI is InChI=1S/C15H15FN4O/c16-12-3-1-2-11(6-12)15-19-13(10-21-15)9-20-5-4-18-8-14(20)7-17/h1-3,6,10,14,18H,4-5,8-9H2. The lowest BCUT2D eigenvalue weighted by atomic mass is 10.2. The summed E-state index contributed by atoms with van der Waals surface area (Å²) in [5.74, 6) is 0.0760. The summed E-state index contributed by atoms with van der Waals surface area (Å²) in [6.45, 7) is 2.86. The summed E-state index contributed by atoms with van der Waals surface area (Å²) in [4.78, 5) is 6.44. The third-order valence-electron chi connectivity index (χ3n) is 3.49. The van der Waals surface area contributed by atoms with Crippen LogP contribution in [0.4, 0.5) is 4.39 Å². The van der Waals surface area contributed by atoms with Gasteiger partial charge in [0.25, 0.3) is 0 Å². The zero-order chi connectivity index (χ0) is 14.7. The molecule has 108 valence electrons. The molecule has 0 saturated carbocycles. The molecule has 5 nitrogen and oxygen atoms in total. The van der Waals surface area contributed by atoms with Crippen molar-refractivity contribution in [1.82, 2.24) is 15.2 Å². The van der Waals surface area contributed by atoms with Crippen LogP contribution >= 0.6 is 0 Å². The minimum absolute atomic E-state index is 0.159. The van der Waals surface area contributed by atoms with E-state index < -0.39 is 0 Å². The van der Waals surface area contributed by atoms with Crippen molar-refractivity contribution in [2.24, 2.45) is 0 Å². The Morgan fingerprint density at radius 1 is 1.52 bits per heavy atom. The molecule has 1 fully saturated rings. The number of nitrogens with one attached hydrogen (secondary N) is 1. The third-order valence-corrected chi connectivity index (χ3v) is 3.49. The number of hydrogen-bond donors (Lipinski definition) is 1. The highest BCUT2D eigenvalue weighted by molar-refractivity contribution is 5.52. The van der Waals surface area contributed by atoms with Gasteiger partial charge in [0.2, 0.25) is 5.89 Å². The number of oxazole rings is 1. The number of benzene rings is 1. The van der Waals surface area contributed by atoms with Crippen LogP contribution in [0.3, 0.4) is 0 Å². The molecule has 0 spiro atoms. The van der Waals surface area contributed by atoms with Crippen LogP contribution in [-0.2, 0) is 6.54 Å². The second-order valence-corrected chi connectivity index (χ2v) is 4.97. The Hall–Kier alpha value is -2.23. The minimum Gasteiger partial charge on any atom is -0.444 e. The molecule has 0 aliphatic carbocycles. The Balaban J connectivity index is 1.75.